The molecule has 0 spiro atoms. The van der Waals surface area contributed by atoms with Gasteiger partial charge in [-0.3, -0.25) is 4.98 Å². The second-order valence-corrected chi connectivity index (χ2v) is 7.78. The fourth-order valence-corrected chi connectivity index (χ4v) is 4.54. The zero-order valence-electron chi connectivity index (χ0n) is 12.2. The van der Waals surface area contributed by atoms with Crippen LogP contribution in [0.25, 0.3) is 0 Å². The van der Waals surface area contributed by atoms with Crippen LogP contribution in [0.1, 0.15) is 31.9 Å². The predicted molar refractivity (Wildman–Crippen MR) is 78.6 cm³/mol. The average molecular weight is 298 g/mol. The Kier molecular flexibility index (Phi) is 4.65. The molecule has 1 aliphatic rings. The minimum atomic E-state index is -2.88. The first kappa shape index (κ1) is 15.3. The minimum Gasteiger partial charge on any atom is -0.489 e. The molecule has 5 nitrogen and oxygen atoms in total. The van der Waals surface area contributed by atoms with Gasteiger partial charge in [0, 0.05) is 12.2 Å². The van der Waals surface area contributed by atoms with Crippen molar-refractivity contribution in [2.24, 2.45) is 5.92 Å². The Bertz CT molecular complexity index is 557. The number of sulfone groups is 1. The number of pyridine rings is 1. The van der Waals surface area contributed by atoms with Crippen molar-refractivity contribution in [1.29, 1.82) is 0 Å². The van der Waals surface area contributed by atoms with E-state index in [1.807, 2.05) is 27.0 Å². The van der Waals surface area contributed by atoms with Crippen LogP contribution in [0.4, 0.5) is 0 Å². The first-order valence-corrected chi connectivity index (χ1v) is 8.72. The predicted octanol–water partition coefficient (Wildman–Crippen LogP) is 1.56. The molecule has 2 unspecified atom stereocenters. The summed E-state index contributed by atoms with van der Waals surface area (Å²) in [5.41, 5.74) is 0.979. The van der Waals surface area contributed by atoms with Crippen LogP contribution in [0.5, 0.6) is 5.75 Å². The Morgan fingerprint density at radius 3 is 2.70 bits per heavy atom. The van der Waals surface area contributed by atoms with Crippen LogP contribution in [-0.4, -0.2) is 38.1 Å². The average Bonchev–Trinajstić information content (AvgIpc) is 2.70. The van der Waals surface area contributed by atoms with Gasteiger partial charge < -0.3 is 10.1 Å². The van der Waals surface area contributed by atoms with Gasteiger partial charge in [0.1, 0.15) is 5.75 Å². The maximum absolute atomic E-state index is 11.6. The van der Waals surface area contributed by atoms with Gasteiger partial charge in [-0.05, 0) is 44.9 Å². The van der Waals surface area contributed by atoms with Crippen LogP contribution < -0.4 is 10.1 Å². The second kappa shape index (κ2) is 6.10. The fraction of sp³-hybridized carbons (Fsp3) is 0.643. The van der Waals surface area contributed by atoms with E-state index in [2.05, 4.69) is 10.3 Å². The molecule has 112 valence electrons. The Morgan fingerprint density at radius 2 is 2.15 bits per heavy atom. The summed E-state index contributed by atoms with van der Waals surface area (Å²) in [5.74, 6) is 1.35. The quantitative estimate of drug-likeness (QED) is 0.893. The van der Waals surface area contributed by atoms with Crippen molar-refractivity contribution in [2.45, 2.75) is 32.4 Å². The largest absolute Gasteiger partial charge is 0.489 e. The molecule has 6 heteroatoms. The molecule has 2 atom stereocenters. The molecule has 0 radical (unpaired) electrons. The third-order valence-corrected chi connectivity index (χ3v) is 5.31. The molecule has 1 aliphatic heterocycles. The van der Waals surface area contributed by atoms with Gasteiger partial charge in [0.2, 0.25) is 0 Å². The lowest BCUT2D eigenvalue weighted by molar-refractivity contribution is 0.240. The summed E-state index contributed by atoms with van der Waals surface area (Å²) in [7, 11) is -1.03. The van der Waals surface area contributed by atoms with Crippen LogP contribution in [0.15, 0.2) is 18.5 Å². The van der Waals surface area contributed by atoms with Crippen molar-refractivity contribution >= 4 is 9.84 Å². The normalized spacial score (nSPS) is 22.9. The van der Waals surface area contributed by atoms with E-state index in [0.717, 1.165) is 11.3 Å². The van der Waals surface area contributed by atoms with E-state index in [9.17, 15) is 8.42 Å². The molecule has 1 aromatic rings. The number of aromatic nitrogens is 1. The van der Waals surface area contributed by atoms with Crippen LogP contribution >= 0.6 is 0 Å². The highest BCUT2D eigenvalue weighted by atomic mass is 32.2. The molecular weight excluding hydrogens is 276 g/mol. The van der Waals surface area contributed by atoms with Crippen LogP contribution in [0.2, 0.25) is 0 Å². The highest BCUT2D eigenvalue weighted by molar-refractivity contribution is 7.91. The minimum absolute atomic E-state index is 0.00418. The number of hydrogen-bond donors (Lipinski definition) is 1. The van der Waals surface area contributed by atoms with Crippen molar-refractivity contribution in [3.8, 4) is 5.75 Å². The lowest BCUT2D eigenvalue weighted by Gasteiger charge is -2.22. The van der Waals surface area contributed by atoms with E-state index in [1.165, 1.54) is 0 Å². The molecular formula is C14H22N2O3S. The first-order chi connectivity index (χ1) is 9.41. The summed E-state index contributed by atoms with van der Waals surface area (Å²) >= 11 is 0. The van der Waals surface area contributed by atoms with Gasteiger partial charge in [-0.15, -0.1) is 0 Å². The highest BCUT2D eigenvalue weighted by Crippen LogP contribution is 2.32. The Morgan fingerprint density at radius 1 is 1.40 bits per heavy atom. The third kappa shape index (κ3) is 3.70. The van der Waals surface area contributed by atoms with Gasteiger partial charge in [0.25, 0.3) is 0 Å². The van der Waals surface area contributed by atoms with E-state index in [-0.39, 0.29) is 29.6 Å². The van der Waals surface area contributed by atoms with E-state index >= 15 is 0 Å². The standard InChI is InChI=1S/C14H22N2O3S/c1-10(2)19-13-6-12(7-16-8-13)14(15-3)11-4-5-20(17,18)9-11/h6-8,10-11,14-15H,4-5,9H2,1-3H3. The monoisotopic (exact) mass is 298 g/mol. The number of ether oxygens (including phenoxy) is 1. The van der Waals surface area contributed by atoms with Crippen molar-refractivity contribution in [3.63, 3.8) is 0 Å². The Labute approximate surface area is 120 Å². The SMILES string of the molecule is CNC(c1cncc(OC(C)C)c1)C1CCS(=O)(=O)C1. The molecule has 0 amide bonds. The lowest BCUT2D eigenvalue weighted by atomic mass is 9.93. The van der Waals surface area contributed by atoms with Crippen LogP contribution in [-0.2, 0) is 9.84 Å². The molecule has 1 fully saturated rings. The third-order valence-electron chi connectivity index (χ3n) is 3.52. The molecule has 0 aliphatic carbocycles. The lowest BCUT2D eigenvalue weighted by Crippen LogP contribution is -2.26. The van der Waals surface area contributed by atoms with Crippen molar-refractivity contribution in [1.82, 2.24) is 10.3 Å². The molecule has 1 N–H and O–H groups in total. The number of hydrogen-bond acceptors (Lipinski definition) is 5. The zero-order chi connectivity index (χ0) is 14.8. The van der Waals surface area contributed by atoms with E-state index in [1.54, 1.807) is 12.4 Å². The summed E-state index contributed by atoms with van der Waals surface area (Å²) in [6.07, 6.45) is 4.25. The second-order valence-electron chi connectivity index (χ2n) is 5.55. The molecule has 0 saturated carbocycles. The summed E-state index contributed by atoms with van der Waals surface area (Å²) in [5, 5.41) is 3.22. The molecule has 1 aromatic heterocycles. The molecule has 2 rings (SSSR count). The molecule has 1 saturated heterocycles. The fourth-order valence-electron chi connectivity index (χ4n) is 2.70. The summed E-state index contributed by atoms with van der Waals surface area (Å²) in [6.45, 7) is 3.93. The number of nitrogens with zero attached hydrogens (tertiary/aromatic N) is 1. The maximum Gasteiger partial charge on any atom is 0.150 e. The smallest absolute Gasteiger partial charge is 0.150 e. The molecule has 20 heavy (non-hydrogen) atoms. The first-order valence-electron chi connectivity index (χ1n) is 6.90. The topological polar surface area (TPSA) is 68.3 Å². The van der Waals surface area contributed by atoms with Crippen molar-refractivity contribution < 1.29 is 13.2 Å². The van der Waals surface area contributed by atoms with Crippen molar-refractivity contribution in [3.05, 3.63) is 24.0 Å². The molecule has 2 heterocycles. The van der Waals surface area contributed by atoms with Crippen molar-refractivity contribution in [2.75, 3.05) is 18.6 Å². The van der Waals surface area contributed by atoms with E-state index in [4.69, 9.17) is 4.74 Å². The number of rotatable bonds is 5. The van der Waals surface area contributed by atoms with Crippen LogP contribution in [0.3, 0.4) is 0 Å². The van der Waals surface area contributed by atoms with Gasteiger partial charge in [-0.25, -0.2) is 8.42 Å². The van der Waals surface area contributed by atoms with E-state index in [0.29, 0.717) is 6.42 Å². The van der Waals surface area contributed by atoms with Gasteiger partial charge in [0.05, 0.1) is 23.8 Å². The summed E-state index contributed by atoms with van der Waals surface area (Å²) in [6, 6.07) is 1.94. The molecule has 0 aromatic carbocycles. The van der Waals surface area contributed by atoms with Gasteiger partial charge in [-0.2, -0.15) is 0 Å². The Balaban J connectivity index is 2.19. The molecule has 0 bridgehead atoms. The maximum atomic E-state index is 11.6. The van der Waals surface area contributed by atoms with Crippen LogP contribution in [0, 0.1) is 5.92 Å². The van der Waals surface area contributed by atoms with Gasteiger partial charge in [0.15, 0.2) is 9.84 Å². The highest BCUT2D eigenvalue weighted by Gasteiger charge is 2.34. The van der Waals surface area contributed by atoms with E-state index < -0.39 is 9.84 Å². The van der Waals surface area contributed by atoms with Gasteiger partial charge in [-0.1, -0.05) is 0 Å². The zero-order valence-corrected chi connectivity index (χ0v) is 13.0. The summed E-state index contributed by atoms with van der Waals surface area (Å²) < 4.78 is 28.9. The summed E-state index contributed by atoms with van der Waals surface area (Å²) in [4.78, 5) is 4.20. The van der Waals surface area contributed by atoms with Gasteiger partial charge >= 0.3 is 0 Å². The Hall–Kier alpha value is -1.14. The number of nitrogens with one attached hydrogen (secondary N) is 1.